The number of likely N-dealkylation sites (tertiary alicyclic amines) is 1. The maximum absolute atomic E-state index is 12.8. The first-order valence-electron chi connectivity index (χ1n) is 9.91. The zero-order chi connectivity index (χ0) is 22.2. The van der Waals surface area contributed by atoms with E-state index in [0.29, 0.717) is 25.9 Å². The molecule has 4 amide bonds. The summed E-state index contributed by atoms with van der Waals surface area (Å²) < 4.78 is 5.38. The molecule has 2 atom stereocenters. The Morgan fingerprint density at radius 1 is 1.21 bits per heavy atom. The molecule has 9 nitrogen and oxygen atoms in total. The minimum atomic E-state index is -0.823. The maximum atomic E-state index is 12.8. The van der Waals surface area contributed by atoms with Crippen molar-refractivity contribution in [1.29, 1.82) is 0 Å². The van der Waals surface area contributed by atoms with Gasteiger partial charge in [0.2, 0.25) is 17.7 Å². The number of hydrogen-bond donors (Lipinski definition) is 3. The molecular formula is C20H34N4O5. The Morgan fingerprint density at radius 2 is 1.86 bits per heavy atom. The van der Waals surface area contributed by atoms with Crippen molar-refractivity contribution < 1.29 is 23.9 Å². The number of carbonyl (C=O) groups is 4. The van der Waals surface area contributed by atoms with Crippen LogP contribution in [-0.4, -0.2) is 66.0 Å². The number of carbonyl (C=O) groups excluding carboxylic acids is 4. The molecule has 164 valence electrons. The number of ether oxygens (including phenoxy) is 1. The maximum Gasteiger partial charge on any atom is 0.410 e. The van der Waals surface area contributed by atoms with Crippen molar-refractivity contribution in [3.05, 3.63) is 12.7 Å². The highest BCUT2D eigenvalue weighted by Crippen LogP contribution is 2.21. The summed E-state index contributed by atoms with van der Waals surface area (Å²) in [5.41, 5.74) is -0.659. The molecule has 0 aromatic rings. The SMILES string of the molecule is C=CCNC(=O)CNC(=O)[C@@H](NC(=O)[C@@H]1CCCN1C(=O)OC(C)(C)C)C(C)C. The molecule has 0 saturated carbocycles. The summed E-state index contributed by atoms with van der Waals surface area (Å²) in [6.07, 6.45) is 2.18. The van der Waals surface area contributed by atoms with Gasteiger partial charge >= 0.3 is 6.09 Å². The number of nitrogens with zero attached hydrogens (tertiary/aromatic N) is 1. The molecule has 1 saturated heterocycles. The molecule has 0 unspecified atom stereocenters. The molecule has 29 heavy (non-hydrogen) atoms. The molecule has 1 heterocycles. The van der Waals surface area contributed by atoms with E-state index < -0.39 is 35.6 Å². The van der Waals surface area contributed by atoms with Crippen LogP contribution >= 0.6 is 0 Å². The highest BCUT2D eigenvalue weighted by Gasteiger charge is 2.38. The summed E-state index contributed by atoms with van der Waals surface area (Å²) in [5.74, 6) is -1.41. The Balaban J connectivity index is 2.71. The molecule has 9 heteroatoms. The fourth-order valence-electron chi connectivity index (χ4n) is 2.89. The van der Waals surface area contributed by atoms with Gasteiger partial charge in [-0.1, -0.05) is 19.9 Å². The van der Waals surface area contributed by atoms with Crippen molar-refractivity contribution in [2.75, 3.05) is 19.6 Å². The van der Waals surface area contributed by atoms with Gasteiger partial charge in [-0.15, -0.1) is 6.58 Å². The van der Waals surface area contributed by atoms with Crippen LogP contribution in [0.25, 0.3) is 0 Å². The van der Waals surface area contributed by atoms with Gasteiger partial charge in [-0.05, 0) is 39.5 Å². The highest BCUT2D eigenvalue weighted by molar-refractivity contribution is 5.93. The Morgan fingerprint density at radius 3 is 2.41 bits per heavy atom. The summed E-state index contributed by atoms with van der Waals surface area (Å²) in [5, 5.41) is 7.81. The Labute approximate surface area is 172 Å². The van der Waals surface area contributed by atoms with E-state index in [1.54, 1.807) is 34.6 Å². The molecule has 0 aliphatic carbocycles. The minimum absolute atomic E-state index is 0.195. The van der Waals surface area contributed by atoms with Crippen molar-refractivity contribution in [3.8, 4) is 0 Å². The topological polar surface area (TPSA) is 117 Å². The first kappa shape index (κ1) is 24.5. The lowest BCUT2D eigenvalue weighted by Crippen LogP contribution is -2.56. The second-order valence-electron chi connectivity index (χ2n) is 8.37. The van der Waals surface area contributed by atoms with Crippen molar-refractivity contribution in [2.24, 2.45) is 5.92 Å². The largest absolute Gasteiger partial charge is 0.444 e. The summed E-state index contributed by atoms with van der Waals surface area (Å²) in [7, 11) is 0. The van der Waals surface area contributed by atoms with E-state index in [-0.39, 0.29) is 18.4 Å². The van der Waals surface area contributed by atoms with Crippen LogP contribution in [0.4, 0.5) is 4.79 Å². The van der Waals surface area contributed by atoms with E-state index in [9.17, 15) is 19.2 Å². The van der Waals surface area contributed by atoms with Crippen LogP contribution in [0.15, 0.2) is 12.7 Å². The number of rotatable bonds is 8. The lowest BCUT2D eigenvalue weighted by molar-refractivity contribution is -0.133. The van der Waals surface area contributed by atoms with Gasteiger partial charge in [0.05, 0.1) is 6.54 Å². The lowest BCUT2D eigenvalue weighted by Gasteiger charge is -2.29. The predicted octanol–water partition coefficient (Wildman–Crippen LogP) is 0.945. The average molecular weight is 411 g/mol. The molecule has 1 aliphatic heterocycles. The molecule has 0 radical (unpaired) electrons. The van der Waals surface area contributed by atoms with Gasteiger partial charge in [0, 0.05) is 13.1 Å². The summed E-state index contributed by atoms with van der Waals surface area (Å²) in [4.78, 5) is 50.7. The molecule has 3 N–H and O–H groups in total. The fourth-order valence-corrected chi connectivity index (χ4v) is 2.89. The van der Waals surface area contributed by atoms with Gasteiger partial charge in [0.1, 0.15) is 17.7 Å². The summed E-state index contributed by atoms with van der Waals surface area (Å²) in [6, 6.07) is -1.51. The van der Waals surface area contributed by atoms with Crippen LogP contribution in [0.2, 0.25) is 0 Å². The fraction of sp³-hybridized carbons (Fsp3) is 0.700. The monoisotopic (exact) mass is 410 g/mol. The van der Waals surface area contributed by atoms with Crippen LogP contribution in [0.3, 0.4) is 0 Å². The molecule has 1 rings (SSSR count). The van der Waals surface area contributed by atoms with Crippen LogP contribution < -0.4 is 16.0 Å². The van der Waals surface area contributed by atoms with Crippen molar-refractivity contribution >= 4 is 23.8 Å². The summed E-state index contributed by atoms with van der Waals surface area (Å²) >= 11 is 0. The van der Waals surface area contributed by atoms with Gasteiger partial charge in [-0.3, -0.25) is 19.3 Å². The Bertz CT molecular complexity index is 627. The van der Waals surface area contributed by atoms with E-state index in [1.807, 2.05) is 0 Å². The number of nitrogens with one attached hydrogen (secondary N) is 3. The van der Waals surface area contributed by atoms with Crippen molar-refractivity contribution in [3.63, 3.8) is 0 Å². The molecule has 0 spiro atoms. The third-order valence-corrected chi connectivity index (χ3v) is 4.30. The highest BCUT2D eigenvalue weighted by atomic mass is 16.6. The average Bonchev–Trinajstić information content (AvgIpc) is 3.10. The molecular weight excluding hydrogens is 376 g/mol. The number of hydrogen-bond acceptors (Lipinski definition) is 5. The zero-order valence-corrected chi connectivity index (χ0v) is 18.0. The molecule has 1 fully saturated rings. The third kappa shape index (κ3) is 8.13. The first-order valence-corrected chi connectivity index (χ1v) is 9.91. The van der Waals surface area contributed by atoms with E-state index in [1.165, 1.54) is 11.0 Å². The first-order chi connectivity index (χ1) is 13.5. The van der Waals surface area contributed by atoms with Crippen LogP contribution in [0.1, 0.15) is 47.5 Å². The van der Waals surface area contributed by atoms with Gasteiger partial charge < -0.3 is 20.7 Å². The minimum Gasteiger partial charge on any atom is -0.444 e. The van der Waals surface area contributed by atoms with E-state index in [0.717, 1.165) is 0 Å². The van der Waals surface area contributed by atoms with Crippen LogP contribution in [-0.2, 0) is 19.1 Å². The smallest absolute Gasteiger partial charge is 0.410 e. The van der Waals surface area contributed by atoms with E-state index in [2.05, 4.69) is 22.5 Å². The molecule has 0 aromatic heterocycles. The zero-order valence-electron chi connectivity index (χ0n) is 18.0. The quantitative estimate of drug-likeness (QED) is 0.515. The lowest BCUT2D eigenvalue weighted by atomic mass is 10.0. The van der Waals surface area contributed by atoms with Gasteiger partial charge in [-0.2, -0.15) is 0 Å². The van der Waals surface area contributed by atoms with Crippen LogP contribution in [0.5, 0.6) is 0 Å². The standard InChI is InChI=1S/C20H34N4O5/c1-7-10-21-15(25)12-22-18(27)16(13(2)3)23-17(26)14-9-8-11-24(14)19(28)29-20(4,5)6/h7,13-14,16H,1,8-12H2,2-6H3,(H,21,25)(H,22,27)(H,23,26)/t14-,16-/m0/s1. The van der Waals surface area contributed by atoms with Crippen LogP contribution in [0, 0.1) is 5.92 Å². The normalized spacial score (nSPS) is 17.4. The van der Waals surface area contributed by atoms with E-state index >= 15 is 0 Å². The second kappa shape index (κ2) is 10.8. The van der Waals surface area contributed by atoms with Crippen molar-refractivity contribution in [2.45, 2.75) is 65.1 Å². The molecule has 0 aromatic carbocycles. The Hall–Kier alpha value is -2.58. The van der Waals surface area contributed by atoms with Gasteiger partial charge in [-0.25, -0.2) is 4.79 Å². The predicted molar refractivity (Wildman–Crippen MR) is 109 cm³/mol. The second-order valence-corrected chi connectivity index (χ2v) is 8.37. The van der Waals surface area contributed by atoms with E-state index in [4.69, 9.17) is 4.74 Å². The summed E-state index contributed by atoms with van der Waals surface area (Å²) in [6.45, 7) is 12.9. The van der Waals surface area contributed by atoms with Gasteiger partial charge in [0.25, 0.3) is 0 Å². The molecule has 0 bridgehead atoms. The third-order valence-electron chi connectivity index (χ3n) is 4.30. The Kier molecular flexibility index (Phi) is 9.13. The van der Waals surface area contributed by atoms with Gasteiger partial charge in [0.15, 0.2) is 0 Å². The number of amides is 4. The molecule has 1 aliphatic rings. The van der Waals surface area contributed by atoms with Crippen molar-refractivity contribution in [1.82, 2.24) is 20.9 Å².